The Morgan fingerprint density at radius 1 is 1.29 bits per heavy atom. The van der Waals surface area contributed by atoms with Crippen LogP contribution in [-0.4, -0.2) is 17.2 Å². The molecule has 2 aromatic rings. The molecule has 0 radical (unpaired) electrons. The second-order valence-corrected chi connectivity index (χ2v) is 4.69. The fourth-order valence-electron chi connectivity index (χ4n) is 1.98. The first-order valence-corrected chi connectivity index (χ1v) is 6.60. The average Bonchev–Trinajstić information content (AvgIpc) is 2.43. The molecule has 0 spiro atoms. The highest BCUT2D eigenvalue weighted by molar-refractivity contribution is 5.72. The standard InChI is InChI=1S/C16H16O5/c1-11-9-13(10-15(17)20-11)21-14(16(18)19)8-7-12-5-3-2-4-6-12/h2-6,9-10,14H,7-8H2,1H3,(H,18,19). The van der Waals surface area contributed by atoms with E-state index in [1.807, 2.05) is 30.3 Å². The minimum Gasteiger partial charge on any atom is -0.479 e. The number of hydrogen-bond donors (Lipinski definition) is 1. The Labute approximate surface area is 121 Å². The molecule has 0 amide bonds. The zero-order valence-electron chi connectivity index (χ0n) is 11.6. The third-order valence-corrected chi connectivity index (χ3v) is 2.96. The van der Waals surface area contributed by atoms with Crippen LogP contribution in [0, 0.1) is 6.92 Å². The molecule has 1 aromatic carbocycles. The Morgan fingerprint density at radius 2 is 2.00 bits per heavy atom. The van der Waals surface area contributed by atoms with E-state index in [-0.39, 0.29) is 5.75 Å². The van der Waals surface area contributed by atoms with Crippen molar-refractivity contribution in [3.05, 3.63) is 64.2 Å². The summed E-state index contributed by atoms with van der Waals surface area (Å²) in [5.41, 5.74) is 0.480. The van der Waals surface area contributed by atoms with Gasteiger partial charge in [-0.15, -0.1) is 0 Å². The second-order valence-electron chi connectivity index (χ2n) is 4.69. The monoisotopic (exact) mass is 288 g/mol. The predicted molar refractivity (Wildman–Crippen MR) is 76.5 cm³/mol. The fourth-order valence-corrected chi connectivity index (χ4v) is 1.98. The van der Waals surface area contributed by atoms with Crippen LogP contribution in [0.2, 0.25) is 0 Å². The topological polar surface area (TPSA) is 76.7 Å². The highest BCUT2D eigenvalue weighted by atomic mass is 16.5. The van der Waals surface area contributed by atoms with Gasteiger partial charge in [0.25, 0.3) is 0 Å². The SMILES string of the molecule is Cc1cc(OC(CCc2ccccc2)C(=O)O)cc(=O)o1. The van der Waals surface area contributed by atoms with Crippen LogP contribution in [0.25, 0.3) is 0 Å². The third kappa shape index (κ3) is 4.49. The second kappa shape index (κ2) is 6.74. The van der Waals surface area contributed by atoms with Crippen molar-refractivity contribution < 1.29 is 19.1 Å². The molecule has 1 N–H and O–H groups in total. The molecule has 5 heteroatoms. The average molecular weight is 288 g/mol. The maximum atomic E-state index is 11.3. The molecule has 1 atom stereocenters. The first-order chi connectivity index (χ1) is 10.0. The van der Waals surface area contributed by atoms with Gasteiger partial charge in [0.2, 0.25) is 0 Å². The number of ether oxygens (including phenoxy) is 1. The van der Waals surface area contributed by atoms with Crippen LogP contribution in [0.5, 0.6) is 5.75 Å². The van der Waals surface area contributed by atoms with Crippen molar-refractivity contribution in [2.24, 2.45) is 0 Å². The Balaban J connectivity index is 2.05. The quantitative estimate of drug-likeness (QED) is 0.883. The van der Waals surface area contributed by atoms with Gasteiger partial charge in [0.1, 0.15) is 11.5 Å². The number of carbonyl (C=O) groups is 1. The number of rotatable bonds is 6. The normalized spacial score (nSPS) is 11.9. The van der Waals surface area contributed by atoms with Crippen LogP contribution in [0.4, 0.5) is 0 Å². The zero-order valence-corrected chi connectivity index (χ0v) is 11.6. The summed E-state index contributed by atoms with van der Waals surface area (Å²) >= 11 is 0. The largest absolute Gasteiger partial charge is 0.479 e. The number of hydrogen-bond acceptors (Lipinski definition) is 4. The van der Waals surface area contributed by atoms with E-state index in [0.717, 1.165) is 11.6 Å². The van der Waals surface area contributed by atoms with E-state index in [0.29, 0.717) is 18.6 Å². The molecule has 5 nitrogen and oxygen atoms in total. The molecule has 0 aliphatic carbocycles. The van der Waals surface area contributed by atoms with Gasteiger partial charge < -0.3 is 14.3 Å². The van der Waals surface area contributed by atoms with Gasteiger partial charge in [0, 0.05) is 6.07 Å². The number of benzene rings is 1. The molecule has 0 saturated heterocycles. The van der Waals surface area contributed by atoms with Crippen LogP contribution in [0.1, 0.15) is 17.7 Å². The van der Waals surface area contributed by atoms with E-state index < -0.39 is 17.7 Å². The summed E-state index contributed by atoms with van der Waals surface area (Å²) in [5.74, 6) is -0.467. The Kier molecular flexibility index (Phi) is 4.77. The van der Waals surface area contributed by atoms with Crippen molar-refractivity contribution in [1.82, 2.24) is 0 Å². The summed E-state index contributed by atoms with van der Waals surface area (Å²) in [6.45, 7) is 1.61. The molecular formula is C16H16O5. The summed E-state index contributed by atoms with van der Waals surface area (Å²) in [6, 6.07) is 12.2. The molecule has 0 aliphatic heterocycles. The summed E-state index contributed by atoms with van der Waals surface area (Å²) in [6.07, 6.45) is -0.108. The smallest absolute Gasteiger partial charge is 0.344 e. The number of carboxylic acids is 1. The van der Waals surface area contributed by atoms with Gasteiger partial charge in [-0.25, -0.2) is 9.59 Å². The van der Waals surface area contributed by atoms with E-state index >= 15 is 0 Å². The van der Waals surface area contributed by atoms with Gasteiger partial charge in [-0.2, -0.15) is 0 Å². The van der Waals surface area contributed by atoms with E-state index in [1.165, 1.54) is 6.07 Å². The highest BCUT2D eigenvalue weighted by Crippen LogP contribution is 2.15. The van der Waals surface area contributed by atoms with Crippen molar-refractivity contribution in [2.45, 2.75) is 25.9 Å². The Bertz CT molecular complexity index is 660. The maximum absolute atomic E-state index is 11.3. The molecule has 0 fully saturated rings. The minimum absolute atomic E-state index is 0.212. The van der Waals surface area contributed by atoms with Crippen LogP contribution in [-0.2, 0) is 11.2 Å². The molecule has 21 heavy (non-hydrogen) atoms. The van der Waals surface area contributed by atoms with Crippen LogP contribution in [0.3, 0.4) is 0 Å². The summed E-state index contributed by atoms with van der Waals surface area (Å²) in [7, 11) is 0. The van der Waals surface area contributed by atoms with Crippen molar-refractivity contribution >= 4 is 5.97 Å². The lowest BCUT2D eigenvalue weighted by Crippen LogP contribution is -2.28. The van der Waals surface area contributed by atoms with Gasteiger partial charge >= 0.3 is 11.6 Å². The molecule has 1 aromatic heterocycles. The molecule has 0 bridgehead atoms. The number of aliphatic carboxylic acids is 1. The molecule has 1 heterocycles. The van der Waals surface area contributed by atoms with Gasteiger partial charge in [0.15, 0.2) is 6.10 Å². The van der Waals surface area contributed by atoms with Gasteiger partial charge in [-0.05, 0) is 25.3 Å². The molecule has 110 valence electrons. The first kappa shape index (κ1) is 14.8. The predicted octanol–water partition coefficient (Wildman–Crippen LogP) is 2.41. The van der Waals surface area contributed by atoms with E-state index in [1.54, 1.807) is 6.92 Å². The van der Waals surface area contributed by atoms with E-state index in [9.17, 15) is 14.7 Å². The molecule has 1 unspecified atom stereocenters. The van der Waals surface area contributed by atoms with Crippen molar-refractivity contribution in [3.8, 4) is 5.75 Å². The van der Waals surface area contributed by atoms with Crippen molar-refractivity contribution in [2.75, 3.05) is 0 Å². The third-order valence-electron chi connectivity index (χ3n) is 2.96. The lowest BCUT2D eigenvalue weighted by Gasteiger charge is -2.15. The summed E-state index contributed by atoms with van der Waals surface area (Å²) < 4.78 is 10.2. The lowest BCUT2D eigenvalue weighted by molar-refractivity contribution is -0.145. The molecule has 2 rings (SSSR count). The Hall–Kier alpha value is -2.56. The highest BCUT2D eigenvalue weighted by Gasteiger charge is 2.19. The number of aryl methyl sites for hydroxylation is 2. The van der Waals surface area contributed by atoms with Crippen LogP contribution < -0.4 is 10.4 Å². The van der Waals surface area contributed by atoms with Gasteiger partial charge in [0.05, 0.1) is 6.07 Å². The first-order valence-electron chi connectivity index (χ1n) is 6.60. The van der Waals surface area contributed by atoms with Crippen molar-refractivity contribution in [1.29, 1.82) is 0 Å². The van der Waals surface area contributed by atoms with E-state index in [2.05, 4.69) is 0 Å². The Morgan fingerprint density at radius 3 is 2.62 bits per heavy atom. The van der Waals surface area contributed by atoms with Crippen LogP contribution >= 0.6 is 0 Å². The minimum atomic E-state index is -1.06. The van der Waals surface area contributed by atoms with Crippen LogP contribution in [0.15, 0.2) is 51.7 Å². The molecular weight excluding hydrogens is 272 g/mol. The van der Waals surface area contributed by atoms with Gasteiger partial charge in [-0.1, -0.05) is 30.3 Å². The molecule has 0 aliphatic rings. The van der Waals surface area contributed by atoms with Gasteiger partial charge in [-0.3, -0.25) is 0 Å². The summed E-state index contributed by atoms with van der Waals surface area (Å²) in [4.78, 5) is 22.5. The lowest BCUT2D eigenvalue weighted by atomic mass is 10.1. The maximum Gasteiger partial charge on any atom is 0.344 e. The summed E-state index contributed by atoms with van der Waals surface area (Å²) in [5, 5.41) is 9.22. The number of carboxylic acid groups (broad SMARTS) is 1. The zero-order chi connectivity index (χ0) is 15.2. The molecule has 0 saturated carbocycles. The fraction of sp³-hybridized carbons (Fsp3) is 0.250. The van der Waals surface area contributed by atoms with Crippen molar-refractivity contribution in [3.63, 3.8) is 0 Å². The van der Waals surface area contributed by atoms with E-state index in [4.69, 9.17) is 9.15 Å².